The molecule has 0 N–H and O–H groups in total. The number of fused-ring (bicyclic) bond motifs is 1. The molecule has 0 bridgehead atoms. The molecule has 0 radical (unpaired) electrons. The van der Waals surface area contributed by atoms with Gasteiger partial charge in [-0.15, -0.1) is 0 Å². The van der Waals surface area contributed by atoms with E-state index in [1.165, 1.54) is 23.5 Å². The largest absolute Gasteiger partial charge is 0.495 e. The summed E-state index contributed by atoms with van der Waals surface area (Å²) in [5.74, 6) is 1.84. The van der Waals surface area contributed by atoms with Crippen molar-refractivity contribution in [3.63, 3.8) is 0 Å². The molecule has 1 saturated heterocycles. The third-order valence-electron chi connectivity index (χ3n) is 5.40. The van der Waals surface area contributed by atoms with E-state index in [2.05, 4.69) is 23.4 Å². The van der Waals surface area contributed by atoms with Crippen molar-refractivity contribution in [2.24, 2.45) is 5.92 Å². The van der Waals surface area contributed by atoms with Crippen LogP contribution in [0.4, 0.5) is 0 Å². The van der Waals surface area contributed by atoms with Crippen LogP contribution in [0.2, 0.25) is 5.02 Å². The van der Waals surface area contributed by atoms with Gasteiger partial charge in [-0.3, -0.25) is 4.98 Å². The van der Waals surface area contributed by atoms with Crippen LogP contribution in [-0.4, -0.2) is 47.5 Å². The smallest absolute Gasteiger partial charge is 0.243 e. The quantitative estimate of drug-likeness (QED) is 0.571. The Morgan fingerprint density at radius 2 is 2.10 bits per heavy atom. The maximum absolute atomic E-state index is 13.2. The van der Waals surface area contributed by atoms with Gasteiger partial charge in [0.25, 0.3) is 0 Å². The standard InChI is InChI=1S/C21H25ClN4O3S/c1-14(2)12-26-19-11-23-8-6-18(19)24-21(26)15-7-9-25(13-15)30(27,28)16-4-5-20(29-3)17(22)10-16/h4-6,8,10-11,14-15H,7,9,12-13H2,1-3H3/t15-/m1/s1. The van der Waals surface area contributed by atoms with Crippen molar-refractivity contribution in [2.75, 3.05) is 20.2 Å². The highest BCUT2D eigenvalue weighted by Gasteiger charge is 2.36. The van der Waals surface area contributed by atoms with Crippen molar-refractivity contribution in [1.29, 1.82) is 0 Å². The number of hydrogen-bond donors (Lipinski definition) is 0. The third kappa shape index (κ3) is 3.79. The van der Waals surface area contributed by atoms with Crippen LogP contribution in [0.5, 0.6) is 5.75 Å². The van der Waals surface area contributed by atoms with Crippen LogP contribution in [0.3, 0.4) is 0 Å². The zero-order chi connectivity index (χ0) is 21.5. The molecule has 0 unspecified atom stereocenters. The number of sulfonamides is 1. The fraction of sp³-hybridized carbons (Fsp3) is 0.429. The Bertz CT molecular complexity index is 1180. The molecule has 9 heteroatoms. The van der Waals surface area contributed by atoms with Crippen molar-refractivity contribution in [2.45, 2.75) is 37.6 Å². The molecule has 3 heterocycles. The monoisotopic (exact) mass is 448 g/mol. The van der Waals surface area contributed by atoms with Crippen LogP contribution in [0.1, 0.15) is 32.0 Å². The molecule has 7 nitrogen and oxygen atoms in total. The lowest BCUT2D eigenvalue weighted by Gasteiger charge is -2.18. The molecule has 2 aromatic heterocycles. The molecule has 1 atom stereocenters. The van der Waals surface area contributed by atoms with E-state index in [1.807, 2.05) is 12.3 Å². The molecule has 0 saturated carbocycles. The molecule has 0 spiro atoms. The fourth-order valence-electron chi connectivity index (χ4n) is 3.97. The third-order valence-corrected chi connectivity index (χ3v) is 7.56. The van der Waals surface area contributed by atoms with Crippen molar-refractivity contribution in [1.82, 2.24) is 18.8 Å². The average Bonchev–Trinajstić information content (AvgIpc) is 3.33. The molecular weight excluding hydrogens is 424 g/mol. The van der Waals surface area contributed by atoms with Gasteiger partial charge in [0.2, 0.25) is 10.0 Å². The first-order valence-electron chi connectivity index (χ1n) is 9.95. The number of halogens is 1. The number of methoxy groups -OCH3 is 1. The van der Waals surface area contributed by atoms with Gasteiger partial charge in [0, 0.05) is 31.7 Å². The van der Waals surface area contributed by atoms with E-state index in [-0.39, 0.29) is 15.8 Å². The topological polar surface area (TPSA) is 77.3 Å². The second-order valence-electron chi connectivity index (χ2n) is 7.98. The Kier molecular flexibility index (Phi) is 5.74. The Hall–Kier alpha value is -2.16. The summed E-state index contributed by atoms with van der Waals surface area (Å²) < 4.78 is 35.2. The summed E-state index contributed by atoms with van der Waals surface area (Å²) in [6, 6.07) is 6.46. The molecular formula is C21H25ClN4O3S. The normalized spacial score (nSPS) is 17.8. The highest BCUT2D eigenvalue weighted by atomic mass is 35.5. The molecule has 30 heavy (non-hydrogen) atoms. The SMILES string of the molecule is COc1ccc(S(=O)(=O)N2CC[C@@H](c3nc4ccncc4n3CC(C)C)C2)cc1Cl. The van der Waals surface area contributed by atoms with E-state index in [9.17, 15) is 8.42 Å². The maximum atomic E-state index is 13.2. The highest BCUT2D eigenvalue weighted by molar-refractivity contribution is 7.89. The van der Waals surface area contributed by atoms with Crippen LogP contribution in [0, 0.1) is 5.92 Å². The van der Waals surface area contributed by atoms with Gasteiger partial charge < -0.3 is 9.30 Å². The van der Waals surface area contributed by atoms with Gasteiger partial charge in [-0.25, -0.2) is 13.4 Å². The number of ether oxygens (including phenoxy) is 1. The second kappa shape index (κ2) is 8.17. The van der Waals surface area contributed by atoms with E-state index < -0.39 is 10.0 Å². The van der Waals surface area contributed by atoms with Crippen LogP contribution in [-0.2, 0) is 16.6 Å². The minimum Gasteiger partial charge on any atom is -0.495 e. The van der Waals surface area contributed by atoms with Gasteiger partial charge in [-0.2, -0.15) is 4.31 Å². The summed E-state index contributed by atoms with van der Waals surface area (Å²) in [4.78, 5) is 9.26. The number of benzene rings is 1. The minimum absolute atomic E-state index is 0.0274. The lowest BCUT2D eigenvalue weighted by Crippen LogP contribution is -2.29. The van der Waals surface area contributed by atoms with Gasteiger partial charge in [-0.05, 0) is 36.6 Å². The van der Waals surface area contributed by atoms with Crippen LogP contribution in [0.25, 0.3) is 11.0 Å². The molecule has 0 amide bonds. The zero-order valence-electron chi connectivity index (χ0n) is 17.2. The van der Waals surface area contributed by atoms with Crippen LogP contribution in [0.15, 0.2) is 41.6 Å². The first-order valence-corrected chi connectivity index (χ1v) is 11.8. The molecule has 1 aliphatic rings. The molecule has 1 fully saturated rings. The maximum Gasteiger partial charge on any atom is 0.243 e. The van der Waals surface area contributed by atoms with Gasteiger partial charge >= 0.3 is 0 Å². The Morgan fingerprint density at radius 1 is 1.30 bits per heavy atom. The number of pyridine rings is 1. The predicted octanol–water partition coefficient (Wildman–Crippen LogP) is 3.93. The van der Waals surface area contributed by atoms with Crippen molar-refractivity contribution in [3.8, 4) is 5.75 Å². The number of rotatable bonds is 6. The van der Waals surface area contributed by atoms with Gasteiger partial charge in [-0.1, -0.05) is 25.4 Å². The average molecular weight is 449 g/mol. The Balaban J connectivity index is 1.64. The number of imidazole rings is 1. The van der Waals surface area contributed by atoms with Crippen molar-refractivity contribution < 1.29 is 13.2 Å². The van der Waals surface area contributed by atoms with E-state index in [4.69, 9.17) is 21.3 Å². The van der Waals surface area contributed by atoms with Gasteiger partial charge in [0.05, 0.1) is 34.3 Å². The first-order chi connectivity index (χ1) is 14.3. The van der Waals surface area contributed by atoms with Crippen LogP contribution < -0.4 is 4.74 Å². The minimum atomic E-state index is -3.65. The van der Waals surface area contributed by atoms with E-state index in [0.717, 1.165) is 29.8 Å². The van der Waals surface area contributed by atoms with Crippen molar-refractivity contribution >= 4 is 32.7 Å². The van der Waals surface area contributed by atoms with Crippen molar-refractivity contribution in [3.05, 3.63) is 47.5 Å². The first kappa shape index (κ1) is 21.1. The highest BCUT2D eigenvalue weighted by Crippen LogP contribution is 2.34. The number of nitrogens with zero attached hydrogens (tertiary/aromatic N) is 4. The predicted molar refractivity (Wildman–Crippen MR) is 116 cm³/mol. The number of aromatic nitrogens is 3. The molecule has 1 aromatic carbocycles. The summed E-state index contributed by atoms with van der Waals surface area (Å²) in [7, 11) is -2.15. The lowest BCUT2D eigenvalue weighted by atomic mass is 10.1. The summed E-state index contributed by atoms with van der Waals surface area (Å²) in [6.07, 6.45) is 4.28. The summed E-state index contributed by atoms with van der Waals surface area (Å²) >= 11 is 6.15. The summed E-state index contributed by atoms with van der Waals surface area (Å²) in [6.45, 7) is 5.96. The fourth-order valence-corrected chi connectivity index (χ4v) is 5.82. The molecule has 0 aliphatic carbocycles. The van der Waals surface area contributed by atoms with Crippen LogP contribution >= 0.6 is 11.6 Å². The van der Waals surface area contributed by atoms with E-state index in [1.54, 1.807) is 12.3 Å². The second-order valence-corrected chi connectivity index (χ2v) is 10.3. The molecule has 4 rings (SSSR count). The number of hydrogen-bond acceptors (Lipinski definition) is 5. The lowest BCUT2D eigenvalue weighted by molar-refractivity contribution is 0.414. The molecule has 1 aliphatic heterocycles. The summed E-state index contributed by atoms with van der Waals surface area (Å²) in [5, 5.41) is 0.278. The van der Waals surface area contributed by atoms with Gasteiger partial charge in [0.1, 0.15) is 11.6 Å². The van der Waals surface area contributed by atoms with E-state index >= 15 is 0 Å². The molecule has 160 valence electrons. The summed E-state index contributed by atoms with van der Waals surface area (Å²) in [5.41, 5.74) is 1.88. The molecule has 3 aromatic rings. The Labute approximate surface area is 181 Å². The van der Waals surface area contributed by atoms with E-state index in [0.29, 0.717) is 24.8 Å². The Morgan fingerprint density at radius 3 is 2.80 bits per heavy atom. The zero-order valence-corrected chi connectivity index (χ0v) is 18.8. The van der Waals surface area contributed by atoms with Gasteiger partial charge in [0.15, 0.2) is 0 Å².